The molecule has 3 nitrogen and oxygen atoms in total. The summed E-state index contributed by atoms with van der Waals surface area (Å²) in [4.78, 5) is 1.42. The van der Waals surface area contributed by atoms with Gasteiger partial charge in [-0.2, -0.15) is 0 Å². The summed E-state index contributed by atoms with van der Waals surface area (Å²) in [7, 11) is 12.4. The van der Waals surface area contributed by atoms with Crippen molar-refractivity contribution in [3.8, 4) is 0 Å². The first-order valence-corrected chi connectivity index (χ1v) is 3.97. The van der Waals surface area contributed by atoms with Gasteiger partial charge >= 0.3 is 0 Å². The maximum Gasteiger partial charge on any atom is 0.101 e. The first-order valence-electron chi connectivity index (χ1n) is 3.97. The third kappa shape index (κ3) is 68.5. The molecule has 0 aromatic carbocycles. The van der Waals surface area contributed by atoms with Gasteiger partial charge in [0.2, 0.25) is 0 Å². The number of hydrogen-bond donors (Lipinski definition) is 2. The average molecular weight is 235 g/mol. The van der Waals surface area contributed by atoms with Crippen LogP contribution in [0.2, 0.25) is 0 Å². The molecular formula is C8H24Cl2N2O. The van der Waals surface area contributed by atoms with Crippen molar-refractivity contribution in [2.45, 2.75) is 0 Å². The molecule has 86 valence electrons. The molecule has 0 aliphatic carbocycles. The lowest BCUT2D eigenvalue weighted by Gasteiger charge is -2.21. The lowest BCUT2D eigenvalue weighted by Crippen LogP contribution is -3.02. The number of likely N-dealkylation sites (N-methyl/N-ethyl adjacent to an activating group) is 1. The maximum atomic E-state index is 8.39. The summed E-state index contributed by atoms with van der Waals surface area (Å²) in [6.07, 6.45) is 0. The van der Waals surface area contributed by atoms with E-state index in [1.807, 2.05) is 0 Å². The predicted molar refractivity (Wildman–Crippen MR) is 48.7 cm³/mol. The van der Waals surface area contributed by atoms with Gasteiger partial charge in [0.05, 0.1) is 48.9 Å². The standard InChI is InChI=1S/C5H14NO.C3H9N.2ClH/c1-6(2,3)4-5-7;1-4(2)3;;/h7H,4-5H2,1-3H3;1-3H3;2*1H/q+1;;;/p-1. The molecule has 0 saturated heterocycles. The number of aliphatic hydroxyl groups excluding tert-OH is 1. The summed E-state index contributed by atoms with van der Waals surface area (Å²) in [6.45, 7) is 1.11. The molecule has 0 atom stereocenters. The predicted octanol–water partition coefficient (Wildman–Crippen LogP) is -7.55. The summed E-state index contributed by atoms with van der Waals surface area (Å²) in [5, 5.41) is 8.39. The summed E-state index contributed by atoms with van der Waals surface area (Å²) < 4.78 is 0.844. The third-order valence-electron chi connectivity index (χ3n) is 0.771. The largest absolute Gasteiger partial charge is 1.00 e. The van der Waals surface area contributed by atoms with Crippen LogP contribution in [0.3, 0.4) is 0 Å². The number of nitrogens with one attached hydrogen (secondary N) is 1. The van der Waals surface area contributed by atoms with Gasteiger partial charge < -0.3 is 39.3 Å². The molecular weight excluding hydrogens is 211 g/mol. The van der Waals surface area contributed by atoms with Gasteiger partial charge in [0, 0.05) is 0 Å². The Labute approximate surface area is 95.1 Å². The Balaban J connectivity index is -0.0000000600. The smallest absolute Gasteiger partial charge is 0.101 e. The van der Waals surface area contributed by atoms with Gasteiger partial charge in [-0.05, 0) is 0 Å². The summed E-state index contributed by atoms with van der Waals surface area (Å²) in [5.74, 6) is 0. The summed E-state index contributed by atoms with van der Waals surface area (Å²) in [5.41, 5.74) is 0. The van der Waals surface area contributed by atoms with Gasteiger partial charge in [-0.3, -0.25) is 0 Å². The molecule has 0 heterocycles. The molecule has 2 N–H and O–H groups in total. The molecule has 0 rings (SSSR count). The molecule has 0 aliphatic rings. The molecule has 0 saturated carbocycles. The number of hydrogen-bond acceptors (Lipinski definition) is 1. The fraction of sp³-hybridized carbons (Fsp3) is 1.00. The molecule has 0 aromatic rings. The second kappa shape index (κ2) is 12.5. The van der Waals surface area contributed by atoms with Gasteiger partial charge in [-0.1, -0.05) is 0 Å². The lowest BCUT2D eigenvalue weighted by atomic mass is 10.5. The van der Waals surface area contributed by atoms with Crippen molar-refractivity contribution < 1.29 is 39.3 Å². The van der Waals surface area contributed by atoms with E-state index in [4.69, 9.17) is 5.11 Å². The number of nitrogens with zero attached hydrogens (tertiary/aromatic N) is 1. The fourth-order valence-corrected chi connectivity index (χ4v) is 0.300. The number of quaternary nitrogens is 2. The molecule has 0 unspecified atom stereocenters. The number of halogens is 2. The van der Waals surface area contributed by atoms with Crippen LogP contribution in [-0.2, 0) is 0 Å². The minimum atomic E-state index is 0. The van der Waals surface area contributed by atoms with E-state index in [0.717, 1.165) is 11.0 Å². The minimum absolute atomic E-state index is 0. The van der Waals surface area contributed by atoms with Crippen molar-refractivity contribution in [3.05, 3.63) is 0 Å². The van der Waals surface area contributed by atoms with Crippen molar-refractivity contribution in [1.82, 2.24) is 0 Å². The Morgan fingerprint density at radius 3 is 1.23 bits per heavy atom. The van der Waals surface area contributed by atoms with E-state index < -0.39 is 0 Å². The van der Waals surface area contributed by atoms with E-state index in [1.54, 1.807) is 0 Å². The van der Waals surface area contributed by atoms with Gasteiger partial charge in [0.15, 0.2) is 0 Å². The van der Waals surface area contributed by atoms with E-state index in [2.05, 4.69) is 42.3 Å². The Kier molecular flexibility index (Phi) is 22.4. The Hall–Kier alpha value is 0.460. The first kappa shape index (κ1) is 23.4. The average Bonchev–Trinajstić information content (AvgIpc) is 1.58. The molecule has 13 heavy (non-hydrogen) atoms. The van der Waals surface area contributed by atoms with Crippen molar-refractivity contribution in [3.63, 3.8) is 0 Å². The highest BCUT2D eigenvalue weighted by molar-refractivity contribution is 4.19. The van der Waals surface area contributed by atoms with Crippen LogP contribution in [0.4, 0.5) is 0 Å². The highest BCUT2D eigenvalue weighted by Crippen LogP contribution is 1.84. The van der Waals surface area contributed by atoms with Gasteiger partial charge in [0.1, 0.15) is 6.54 Å². The van der Waals surface area contributed by atoms with E-state index >= 15 is 0 Å². The van der Waals surface area contributed by atoms with Crippen molar-refractivity contribution in [1.29, 1.82) is 0 Å². The zero-order chi connectivity index (χ0) is 9.49. The van der Waals surface area contributed by atoms with Crippen molar-refractivity contribution >= 4 is 0 Å². The normalized spacial score (nSPS) is 9.23. The summed E-state index contributed by atoms with van der Waals surface area (Å²) in [6, 6.07) is 0. The highest BCUT2D eigenvalue weighted by Gasteiger charge is 2.02. The fourth-order valence-electron chi connectivity index (χ4n) is 0.300. The zero-order valence-electron chi connectivity index (χ0n) is 9.56. The van der Waals surface area contributed by atoms with E-state index in [9.17, 15) is 0 Å². The molecule has 0 radical (unpaired) electrons. The molecule has 0 fully saturated rings. The van der Waals surface area contributed by atoms with Crippen LogP contribution in [-0.4, -0.2) is 65.0 Å². The van der Waals surface area contributed by atoms with Gasteiger partial charge in [0.25, 0.3) is 0 Å². The van der Waals surface area contributed by atoms with Crippen LogP contribution < -0.4 is 29.7 Å². The first-order chi connectivity index (χ1) is 4.79. The second-order valence-electron chi connectivity index (χ2n) is 4.24. The Morgan fingerprint density at radius 2 is 1.23 bits per heavy atom. The molecule has 0 spiro atoms. The number of aliphatic hydroxyl groups is 1. The molecule has 0 aliphatic heterocycles. The van der Waals surface area contributed by atoms with Crippen LogP contribution in [0.5, 0.6) is 0 Å². The van der Waals surface area contributed by atoms with Gasteiger partial charge in [-0.25, -0.2) is 0 Å². The quantitative estimate of drug-likeness (QED) is 0.457. The number of rotatable bonds is 2. The maximum absolute atomic E-state index is 8.39. The monoisotopic (exact) mass is 234 g/mol. The van der Waals surface area contributed by atoms with Crippen molar-refractivity contribution in [2.75, 3.05) is 55.4 Å². The molecule has 0 bridgehead atoms. The lowest BCUT2D eigenvalue weighted by molar-refractivity contribution is -0.870. The third-order valence-corrected chi connectivity index (χ3v) is 0.771. The van der Waals surface area contributed by atoms with Crippen LogP contribution in [0.25, 0.3) is 0 Å². The SMILES string of the molecule is C[N+](C)(C)CCO.C[NH+](C)C.[Cl-].[Cl-]. The topological polar surface area (TPSA) is 24.7 Å². The van der Waals surface area contributed by atoms with E-state index in [-0.39, 0.29) is 31.4 Å². The minimum Gasteiger partial charge on any atom is -1.00 e. The highest BCUT2D eigenvalue weighted by atomic mass is 35.5. The zero-order valence-corrected chi connectivity index (χ0v) is 11.1. The molecule has 0 amide bonds. The Bertz CT molecular complexity index is 81.9. The molecule has 0 aromatic heterocycles. The second-order valence-corrected chi connectivity index (χ2v) is 4.24. The van der Waals surface area contributed by atoms with Crippen LogP contribution in [0.15, 0.2) is 0 Å². The van der Waals surface area contributed by atoms with Crippen LogP contribution in [0, 0.1) is 0 Å². The van der Waals surface area contributed by atoms with E-state index in [1.165, 1.54) is 4.90 Å². The van der Waals surface area contributed by atoms with Gasteiger partial charge in [-0.15, -0.1) is 0 Å². The van der Waals surface area contributed by atoms with E-state index in [0.29, 0.717) is 0 Å². The Morgan fingerprint density at radius 1 is 1.00 bits per heavy atom. The van der Waals surface area contributed by atoms with Crippen LogP contribution >= 0.6 is 0 Å². The summed E-state index contributed by atoms with van der Waals surface area (Å²) >= 11 is 0. The molecule has 5 heteroatoms. The van der Waals surface area contributed by atoms with Crippen molar-refractivity contribution in [2.24, 2.45) is 0 Å². The van der Waals surface area contributed by atoms with Crippen LogP contribution in [0.1, 0.15) is 0 Å².